The Hall–Kier alpha value is -0.940. The van der Waals surface area contributed by atoms with Crippen LogP contribution < -0.4 is 5.73 Å². The Morgan fingerprint density at radius 1 is 1.77 bits per heavy atom. The van der Waals surface area contributed by atoms with E-state index < -0.39 is 0 Å². The molecule has 0 radical (unpaired) electrons. The zero-order chi connectivity index (χ0) is 9.26. The highest BCUT2D eigenvalue weighted by Crippen LogP contribution is 2.20. The van der Waals surface area contributed by atoms with E-state index in [-0.39, 0.29) is 5.91 Å². The summed E-state index contributed by atoms with van der Waals surface area (Å²) in [6, 6.07) is 0. The van der Waals surface area contributed by atoms with Crippen molar-refractivity contribution in [1.82, 2.24) is 9.88 Å². The molecule has 1 aromatic rings. The molecule has 0 saturated heterocycles. The van der Waals surface area contributed by atoms with Crippen LogP contribution in [0.1, 0.15) is 10.6 Å². The van der Waals surface area contributed by atoms with Gasteiger partial charge in [0.05, 0.1) is 17.7 Å². The number of hydrogen-bond acceptors (Lipinski definition) is 4. The minimum absolute atomic E-state index is 0.265. The van der Waals surface area contributed by atoms with Crippen LogP contribution in [0.3, 0.4) is 0 Å². The molecule has 2 heterocycles. The van der Waals surface area contributed by atoms with Crippen LogP contribution in [0.2, 0.25) is 0 Å². The topological polar surface area (TPSA) is 59.2 Å². The molecule has 0 aliphatic carbocycles. The SMILES string of the molecule is NC(=O)CN1CCc2scnc2C1. The predicted molar refractivity (Wildman–Crippen MR) is 50.3 cm³/mol. The van der Waals surface area contributed by atoms with Crippen LogP contribution in [0.25, 0.3) is 0 Å². The number of rotatable bonds is 2. The zero-order valence-corrected chi connectivity index (χ0v) is 8.01. The van der Waals surface area contributed by atoms with Crippen molar-refractivity contribution in [3.05, 3.63) is 16.1 Å². The summed E-state index contributed by atoms with van der Waals surface area (Å²) in [6.45, 7) is 2.02. The third kappa shape index (κ3) is 1.87. The minimum atomic E-state index is -0.265. The van der Waals surface area contributed by atoms with Gasteiger partial charge in [-0.2, -0.15) is 0 Å². The lowest BCUT2D eigenvalue weighted by atomic mass is 10.2. The van der Waals surface area contributed by atoms with Crippen molar-refractivity contribution in [3.63, 3.8) is 0 Å². The first-order chi connectivity index (χ1) is 6.25. The second-order valence-corrected chi connectivity index (χ2v) is 4.09. The highest BCUT2D eigenvalue weighted by Gasteiger charge is 2.18. The van der Waals surface area contributed by atoms with E-state index in [1.54, 1.807) is 11.3 Å². The van der Waals surface area contributed by atoms with E-state index in [1.807, 2.05) is 10.4 Å². The van der Waals surface area contributed by atoms with E-state index in [0.29, 0.717) is 6.54 Å². The number of hydrogen-bond donors (Lipinski definition) is 1. The highest BCUT2D eigenvalue weighted by molar-refractivity contribution is 7.09. The Bertz CT molecular complexity index is 323. The largest absolute Gasteiger partial charge is 0.369 e. The summed E-state index contributed by atoms with van der Waals surface area (Å²) in [4.78, 5) is 18.3. The maximum absolute atomic E-state index is 10.7. The van der Waals surface area contributed by atoms with Gasteiger partial charge in [0.25, 0.3) is 0 Å². The van der Waals surface area contributed by atoms with Gasteiger partial charge in [-0.15, -0.1) is 11.3 Å². The van der Waals surface area contributed by atoms with Gasteiger partial charge in [0.15, 0.2) is 0 Å². The molecular weight excluding hydrogens is 186 g/mol. The normalized spacial score (nSPS) is 16.9. The van der Waals surface area contributed by atoms with E-state index in [0.717, 1.165) is 25.2 Å². The minimum Gasteiger partial charge on any atom is -0.369 e. The van der Waals surface area contributed by atoms with Gasteiger partial charge in [-0.3, -0.25) is 9.69 Å². The third-order valence-corrected chi connectivity index (χ3v) is 3.07. The summed E-state index contributed by atoms with van der Waals surface area (Å²) in [5.41, 5.74) is 8.09. The van der Waals surface area contributed by atoms with Crippen molar-refractivity contribution in [2.45, 2.75) is 13.0 Å². The molecular formula is C8H11N3OS. The molecule has 0 unspecified atom stereocenters. The van der Waals surface area contributed by atoms with Crippen LogP contribution in [-0.2, 0) is 17.8 Å². The summed E-state index contributed by atoms with van der Waals surface area (Å²) >= 11 is 1.69. The highest BCUT2D eigenvalue weighted by atomic mass is 32.1. The number of primary amides is 1. The van der Waals surface area contributed by atoms with Crippen LogP contribution in [0.15, 0.2) is 5.51 Å². The first-order valence-corrected chi connectivity index (χ1v) is 5.05. The Balaban J connectivity index is 2.04. The van der Waals surface area contributed by atoms with E-state index in [9.17, 15) is 4.79 Å². The van der Waals surface area contributed by atoms with Crippen molar-refractivity contribution < 1.29 is 4.79 Å². The van der Waals surface area contributed by atoms with Gasteiger partial charge >= 0.3 is 0 Å². The van der Waals surface area contributed by atoms with Crippen LogP contribution >= 0.6 is 11.3 Å². The molecule has 0 spiro atoms. The molecule has 70 valence electrons. The van der Waals surface area contributed by atoms with Crippen LogP contribution in [-0.4, -0.2) is 28.9 Å². The van der Waals surface area contributed by atoms with Gasteiger partial charge in [-0.1, -0.05) is 0 Å². The summed E-state index contributed by atoms with van der Waals surface area (Å²) in [5.74, 6) is -0.265. The van der Waals surface area contributed by atoms with E-state index in [4.69, 9.17) is 5.73 Å². The molecule has 0 atom stereocenters. The number of amides is 1. The van der Waals surface area contributed by atoms with Crippen LogP contribution in [0.4, 0.5) is 0 Å². The second kappa shape index (κ2) is 3.43. The fourth-order valence-electron chi connectivity index (χ4n) is 1.53. The number of fused-ring (bicyclic) bond motifs is 1. The van der Waals surface area contributed by atoms with Crippen molar-refractivity contribution in [2.75, 3.05) is 13.1 Å². The molecule has 5 heteroatoms. The van der Waals surface area contributed by atoms with Crippen molar-refractivity contribution in [1.29, 1.82) is 0 Å². The summed E-state index contributed by atoms with van der Waals surface area (Å²) in [5, 5.41) is 0. The monoisotopic (exact) mass is 197 g/mol. The number of aromatic nitrogens is 1. The van der Waals surface area contributed by atoms with E-state index >= 15 is 0 Å². The van der Waals surface area contributed by atoms with E-state index in [2.05, 4.69) is 4.98 Å². The molecule has 1 aliphatic rings. The molecule has 0 saturated carbocycles. The molecule has 0 bridgehead atoms. The van der Waals surface area contributed by atoms with Crippen molar-refractivity contribution >= 4 is 17.2 Å². The zero-order valence-electron chi connectivity index (χ0n) is 7.19. The molecule has 2 rings (SSSR count). The molecule has 1 aliphatic heterocycles. The Labute approximate surface area is 80.4 Å². The first kappa shape index (κ1) is 8.65. The Morgan fingerprint density at radius 3 is 3.38 bits per heavy atom. The molecule has 13 heavy (non-hydrogen) atoms. The van der Waals surface area contributed by atoms with Crippen LogP contribution in [0.5, 0.6) is 0 Å². The van der Waals surface area contributed by atoms with Crippen molar-refractivity contribution in [2.24, 2.45) is 5.73 Å². The Morgan fingerprint density at radius 2 is 2.62 bits per heavy atom. The quantitative estimate of drug-likeness (QED) is 0.725. The van der Waals surface area contributed by atoms with Gasteiger partial charge in [0.2, 0.25) is 5.91 Å². The molecule has 4 nitrogen and oxygen atoms in total. The van der Waals surface area contributed by atoms with Gasteiger partial charge in [0, 0.05) is 18.0 Å². The predicted octanol–water partition coefficient (Wildman–Crippen LogP) is -0.0135. The van der Waals surface area contributed by atoms with Gasteiger partial charge in [0.1, 0.15) is 0 Å². The second-order valence-electron chi connectivity index (χ2n) is 3.15. The summed E-state index contributed by atoms with van der Waals surface area (Å²) < 4.78 is 0. The summed E-state index contributed by atoms with van der Waals surface area (Å²) in [7, 11) is 0. The molecule has 1 aromatic heterocycles. The van der Waals surface area contributed by atoms with Gasteiger partial charge in [-0.05, 0) is 6.42 Å². The lowest BCUT2D eigenvalue weighted by Gasteiger charge is -2.24. The lowest BCUT2D eigenvalue weighted by molar-refractivity contribution is -0.119. The fraction of sp³-hybridized carbons (Fsp3) is 0.500. The number of nitrogens with two attached hydrogens (primary N) is 1. The maximum Gasteiger partial charge on any atom is 0.231 e. The molecule has 0 aromatic carbocycles. The fourth-order valence-corrected chi connectivity index (χ4v) is 2.30. The average Bonchev–Trinajstić information content (AvgIpc) is 2.49. The molecule has 2 N–H and O–H groups in total. The maximum atomic E-state index is 10.7. The van der Waals surface area contributed by atoms with Crippen molar-refractivity contribution in [3.8, 4) is 0 Å². The number of carbonyl (C=O) groups is 1. The van der Waals surface area contributed by atoms with Crippen LogP contribution in [0, 0.1) is 0 Å². The number of thiazole rings is 1. The average molecular weight is 197 g/mol. The first-order valence-electron chi connectivity index (χ1n) is 4.17. The van der Waals surface area contributed by atoms with E-state index in [1.165, 1.54) is 4.88 Å². The number of carbonyl (C=O) groups excluding carboxylic acids is 1. The standard InChI is InChI=1S/C8H11N3OS/c9-8(12)4-11-2-1-7-6(3-11)10-5-13-7/h5H,1-4H2,(H2,9,12). The van der Waals surface area contributed by atoms with Gasteiger partial charge < -0.3 is 5.73 Å². The third-order valence-electron chi connectivity index (χ3n) is 2.13. The smallest absolute Gasteiger partial charge is 0.231 e. The number of nitrogens with zero attached hydrogens (tertiary/aromatic N) is 2. The molecule has 1 amide bonds. The lowest BCUT2D eigenvalue weighted by Crippen LogP contribution is -2.37. The summed E-state index contributed by atoms with van der Waals surface area (Å²) in [6.07, 6.45) is 0.993. The Kier molecular flexibility index (Phi) is 2.28. The van der Waals surface area contributed by atoms with Gasteiger partial charge in [-0.25, -0.2) is 4.98 Å². The molecule has 0 fully saturated rings.